The molecule has 0 aromatic heterocycles. The molecule has 88 valence electrons. The Morgan fingerprint density at radius 2 is 2.12 bits per heavy atom. The van der Waals surface area contributed by atoms with Gasteiger partial charge in [-0.05, 0) is 18.2 Å². The Morgan fingerprint density at radius 3 is 2.75 bits per heavy atom. The van der Waals surface area contributed by atoms with Crippen LogP contribution < -0.4 is 4.72 Å². The summed E-state index contributed by atoms with van der Waals surface area (Å²) in [6.07, 6.45) is 0. The molecule has 7 heteroatoms. The molecule has 1 N–H and O–H groups in total. The van der Waals surface area contributed by atoms with Crippen molar-refractivity contribution in [2.45, 2.75) is 6.54 Å². The second-order valence-corrected chi connectivity index (χ2v) is 5.65. The lowest BCUT2D eigenvalue weighted by molar-refractivity contribution is 0.543. The highest BCUT2D eigenvalue weighted by Gasteiger charge is 2.31. The third kappa shape index (κ3) is 2.70. The van der Waals surface area contributed by atoms with Crippen molar-refractivity contribution >= 4 is 21.8 Å². The minimum Gasteiger partial charge on any atom is -0.207 e. The highest BCUT2D eigenvalue weighted by molar-refractivity contribution is 7.87. The molecular formula is C9H10ClFN2O2S. The lowest BCUT2D eigenvalue weighted by Gasteiger charge is -2.07. The van der Waals surface area contributed by atoms with E-state index >= 15 is 0 Å². The first-order valence-electron chi connectivity index (χ1n) is 4.68. The molecular weight excluding hydrogens is 255 g/mol. The maximum absolute atomic E-state index is 13.3. The van der Waals surface area contributed by atoms with Crippen molar-refractivity contribution in [3.05, 3.63) is 34.6 Å². The van der Waals surface area contributed by atoms with Gasteiger partial charge < -0.3 is 0 Å². The van der Waals surface area contributed by atoms with Crippen LogP contribution in [0.15, 0.2) is 18.2 Å². The third-order valence-electron chi connectivity index (χ3n) is 2.20. The van der Waals surface area contributed by atoms with Crippen LogP contribution in [0.4, 0.5) is 4.39 Å². The molecule has 0 saturated carbocycles. The van der Waals surface area contributed by atoms with Crippen molar-refractivity contribution in [3.8, 4) is 0 Å². The quantitative estimate of drug-likeness (QED) is 0.829. The maximum atomic E-state index is 13.3. The van der Waals surface area contributed by atoms with Crippen molar-refractivity contribution in [3.63, 3.8) is 0 Å². The zero-order chi connectivity index (χ0) is 11.8. The summed E-state index contributed by atoms with van der Waals surface area (Å²) in [5, 5.41) is 0.377. The third-order valence-corrected chi connectivity index (χ3v) is 3.99. The van der Waals surface area contributed by atoms with E-state index in [4.69, 9.17) is 11.6 Å². The van der Waals surface area contributed by atoms with Crippen molar-refractivity contribution in [1.29, 1.82) is 0 Å². The van der Waals surface area contributed by atoms with Gasteiger partial charge in [-0.3, -0.25) is 0 Å². The van der Waals surface area contributed by atoms with E-state index in [0.29, 0.717) is 18.1 Å². The zero-order valence-corrected chi connectivity index (χ0v) is 9.85. The fourth-order valence-electron chi connectivity index (χ4n) is 1.22. The molecule has 1 aliphatic rings. The molecule has 0 bridgehead atoms. The second-order valence-electron chi connectivity index (χ2n) is 3.46. The average Bonchev–Trinajstić information content (AvgIpc) is 3.03. The molecule has 1 aromatic rings. The molecule has 0 atom stereocenters. The van der Waals surface area contributed by atoms with Crippen LogP contribution in [0.2, 0.25) is 5.02 Å². The largest absolute Gasteiger partial charge is 0.279 e. The topological polar surface area (TPSA) is 49.2 Å². The van der Waals surface area contributed by atoms with Crippen molar-refractivity contribution in [2.75, 3.05) is 13.1 Å². The average molecular weight is 265 g/mol. The number of hydrogen-bond donors (Lipinski definition) is 1. The molecule has 0 amide bonds. The molecule has 1 heterocycles. The number of nitrogens with zero attached hydrogens (tertiary/aromatic N) is 1. The summed E-state index contributed by atoms with van der Waals surface area (Å²) in [7, 11) is -3.44. The molecule has 0 unspecified atom stereocenters. The summed E-state index contributed by atoms with van der Waals surface area (Å²) >= 11 is 5.69. The summed E-state index contributed by atoms with van der Waals surface area (Å²) in [5.41, 5.74) is 0.234. The van der Waals surface area contributed by atoms with E-state index in [1.165, 1.54) is 22.5 Å². The minimum absolute atomic E-state index is 0.0920. The van der Waals surface area contributed by atoms with E-state index in [2.05, 4.69) is 4.72 Å². The van der Waals surface area contributed by atoms with Crippen molar-refractivity contribution in [1.82, 2.24) is 9.03 Å². The highest BCUT2D eigenvalue weighted by atomic mass is 35.5. The Morgan fingerprint density at radius 1 is 1.44 bits per heavy atom. The lowest BCUT2D eigenvalue weighted by atomic mass is 10.2. The molecule has 0 spiro atoms. The highest BCUT2D eigenvalue weighted by Crippen LogP contribution is 2.16. The van der Waals surface area contributed by atoms with Crippen LogP contribution in [-0.4, -0.2) is 25.8 Å². The first kappa shape index (κ1) is 11.8. The number of rotatable bonds is 4. The molecule has 0 radical (unpaired) electrons. The Hall–Kier alpha value is -0.690. The molecule has 2 rings (SSSR count). The summed E-state index contributed by atoms with van der Waals surface area (Å²) in [6.45, 7) is 0.950. The van der Waals surface area contributed by atoms with Crippen molar-refractivity contribution < 1.29 is 12.8 Å². The van der Waals surface area contributed by atoms with Crippen LogP contribution in [0.1, 0.15) is 5.56 Å². The van der Waals surface area contributed by atoms with Gasteiger partial charge in [0.15, 0.2) is 0 Å². The Balaban J connectivity index is 2.07. The van der Waals surface area contributed by atoms with Gasteiger partial charge in [0.2, 0.25) is 0 Å². The van der Waals surface area contributed by atoms with Gasteiger partial charge in [-0.25, -0.2) is 4.39 Å². The lowest BCUT2D eigenvalue weighted by Crippen LogP contribution is -2.29. The molecule has 4 nitrogen and oxygen atoms in total. The van der Waals surface area contributed by atoms with Crippen LogP contribution in [-0.2, 0) is 16.8 Å². The normalized spacial score (nSPS) is 16.4. The van der Waals surface area contributed by atoms with Crippen LogP contribution in [0.5, 0.6) is 0 Å². The fraction of sp³-hybridized carbons (Fsp3) is 0.333. The predicted molar refractivity (Wildman–Crippen MR) is 58.7 cm³/mol. The first-order valence-corrected chi connectivity index (χ1v) is 6.49. The van der Waals surface area contributed by atoms with E-state index in [-0.39, 0.29) is 12.1 Å². The molecule has 1 saturated heterocycles. The summed E-state index contributed by atoms with van der Waals surface area (Å²) in [5.74, 6) is -0.474. The van der Waals surface area contributed by atoms with Gasteiger partial charge >= 0.3 is 0 Å². The van der Waals surface area contributed by atoms with Crippen LogP contribution >= 0.6 is 11.6 Å². The van der Waals surface area contributed by atoms with Crippen LogP contribution in [0, 0.1) is 5.82 Å². The number of hydrogen-bond acceptors (Lipinski definition) is 2. The fourth-order valence-corrected chi connectivity index (χ4v) is 2.50. The molecule has 16 heavy (non-hydrogen) atoms. The zero-order valence-electron chi connectivity index (χ0n) is 8.28. The molecule has 1 fully saturated rings. The van der Waals surface area contributed by atoms with Crippen LogP contribution in [0.3, 0.4) is 0 Å². The second kappa shape index (κ2) is 4.29. The van der Waals surface area contributed by atoms with E-state index in [1.807, 2.05) is 0 Å². The Labute approximate surface area is 98.2 Å². The van der Waals surface area contributed by atoms with E-state index in [0.717, 1.165) is 0 Å². The van der Waals surface area contributed by atoms with E-state index in [1.54, 1.807) is 0 Å². The smallest absolute Gasteiger partial charge is 0.207 e. The molecule has 0 aliphatic carbocycles. The van der Waals surface area contributed by atoms with E-state index < -0.39 is 16.0 Å². The number of nitrogens with one attached hydrogen (secondary N) is 1. The summed E-state index contributed by atoms with van der Waals surface area (Å²) in [6, 6.07) is 4.03. The summed E-state index contributed by atoms with van der Waals surface area (Å²) < 4.78 is 39.7. The summed E-state index contributed by atoms with van der Waals surface area (Å²) in [4.78, 5) is 0. The van der Waals surface area contributed by atoms with Gasteiger partial charge in [-0.15, -0.1) is 0 Å². The van der Waals surface area contributed by atoms with Gasteiger partial charge in [0, 0.05) is 30.2 Å². The number of halogens is 2. The number of benzene rings is 1. The van der Waals surface area contributed by atoms with Gasteiger partial charge in [-0.1, -0.05) is 11.6 Å². The molecule has 1 aliphatic heterocycles. The van der Waals surface area contributed by atoms with Gasteiger partial charge in [-0.2, -0.15) is 17.4 Å². The predicted octanol–water partition coefficient (Wildman–Crippen LogP) is 1.13. The Bertz CT molecular complexity index is 502. The Kier molecular flexibility index (Phi) is 3.16. The monoisotopic (exact) mass is 264 g/mol. The molecule has 1 aromatic carbocycles. The maximum Gasteiger partial charge on any atom is 0.279 e. The first-order chi connectivity index (χ1) is 7.49. The van der Waals surface area contributed by atoms with Crippen LogP contribution in [0.25, 0.3) is 0 Å². The van der Waals surface area contributed by atoms with Gasteiger partial charge in [0.25, 0.3) is 10.2 Å². The SMILES string of the molecule is O=S(=O)(NCc1cc(Cl)ccc1F)N1CC1. The van der Waals surface area contributed by atoms with E-state index in [9.17, 15) is 12.8 Å². The van der Waals surface area contributed by atoms with Crippen molar-refractivity contribution in [2.24, 2.45) is 0 Å². The minimum atomic E-state index is -3.44. The standard InChI is InChI=1S/C9H10ClFN2O2S/c10-8-1-2-9(11)7(5-8)6-12-16(14,15)13-3-4-13/h1-2,5,12H,3-4,6H2. The van der Waals surface area contributed by atoms with Gasteiger partial charge in [0.05, 0.1) is 0 Å². The van der Waals surface area contributed by atoms with Gasteiger partial charge in [0.1, 0.15) is 5.82 Å².